The second-order valence-electron chi connectivity index (χ2n) is 7.70. The molecule has 0 bridgehead atoms. The van der Waals surface area contributed by atoms with Crippen molar-refractivity contribution in [2.75, 3.05) is 39.8 Å². The second kappa shape index (κ2) is 8.68. The van der Waals surface area contributed by atoms with E-state index in [1.54, 1.807) is 7.05 Å². The van der Waals surface area contributed by atoms with Crippen LogP contribution >= 0.6 is 0 Å². The van der Waals surface area contributed by atoms with Crippen molar-refractivity contribution in [2.45, 2.75) is 17.8 Å². The van der Waals surface area contributed by atoms with E-state index in [0.717, 1.165) is 24.7 Å². The molecule has 2 heterocycles. The van der Waals surface area contributed by atoms with E-state index in [4.69, 9.17) is 4.84 Å². The number of hydrogen-bond donors (Lipinski definition) is 0. The van der Waals surface area contributed by atoms with Gasteiger partial charge in [0.25, 0.3) is 0 Å². The summed E-state index contributed by atoms with van der Waals surface area (Å²) in [6.45, 7) is 2.60. The van der Waals surface area contributed by atoms with Crippen LogP contribution in [0.5, 0.6) is 0 Å². The molecule has 0 N–H and O–H groups in total. The van der Waals surface area contributed by atoms with Crippen molar-refractivity contribution in [3.63, 3.8) is 0 Å². The second-order valence-corrected chi connectivity index (χ2v) is 9.85. The quantitative estimate of drug-likeness (QED) is 0.719. The van der Waals surface area contributed by atoms with Gasteiger partial charge in [0.1, 0.15) is 16.9 Å². The minimum atomic E-state index is -3.77. The summed E-state index contributed by atoms with van der Waals surface area (Å²) in [5, 5.41) is 0.311. The average molecular weight is 438 g/mol. The number of hydrogen-bond acceptors (Lipinski definition) is 5. The Morgan fingerprint density at radius 1 is 1.03 bits per heavy atom. The van der Waals surface area contributed by atoms with Crippen LogP contribution in [0.2, 0.25) is 0 Å². The molecule has 6 nitrogen and oxygen atoms in total. The Morgan fingerprint density at radius 3 is 2.43 bits per heavy atom. The average Bonchev–Trinajstić information content (AvgIpc) is 3.13. The maximum Gasteiger partial charge on any atom is 0.221 e. The zero-order chi connectivity index (χ0) is 21.3. The number of rotatable bonds is 5. The Labute approximate surface area is 175 Å². The number of hydroxylamine groups is 2. The van der Waals surface area contributed by atoms with Gasteiger partial charge in [-0.25, -0.2) is 17.2 Å². The first kappa shape index (κ1) is 21.3. The van der Waals surface area contributed by atoms with Gasteiger partial charge in [0.2, 0.25) is 10.0 Å². The molecule has 2 aliphatic heterocycles. The Kier molecular flexibility index (Phi) is 6.17. The fourth-order valence-corrected chi connectivity index (χ4v) is 6.09. The molecule has 0 amide bonds. The Balaban J connectivity index is 1.48. The SMILES string of the molecule is CN1OC[C@@H](S(=O)(=O)N2CCN(Cc3ccccc3)CC2)[C@H]1c1cc(F)ccc1F. The molecule has 2 atom stereocenters. The van der Waals surface area contributed by atoms with E-state index in [-0.39, 0.29) is 12.2 Å². The van der Waals surface area contributed by atoms with Gasteiger partial charge >= 0.3 is 0 Å². The number of piperazine rings is 1. The van der Waals surface area contributed by atoms with Gasteiger partial charge in [-0.05, 0) is 23.8 Å². The van der Waals surface area contributed by atoms with Crippen LogP contribution in [0.1, 0.15) is 17.2 Å². The molecule has 2 aliphatic rings. The van der Waals surface area contributed by atoms with E-state index < -0.39 is 32.9 Å². The van der Waals surface area contributed by atoms with Crippen molar-refractivity contribution in [3.8, 4) is 0 Å². The molecule has 0 spiro atoms. The van der Waals surface area contributed by atoms with Crippen LogP contribution in [0.25, 0.3) is 0 Å². The smallest absolute Gasteiger partial charge is 0.221 e. The first-order chi connectivity index (χ1) is 14.4. The summed E-state index contributed by atoms with van der Waals surface area (Å²) in [6, 6.07) is 12.2. The zero-order valence-corrected chi connectivity index (χ0v) is 17.6. The third kappa shape index (κ3) is 4.26. The topological polar surface area (TPSA) is 53.1 Å². The number of benzene rings is 2. The van der Waals surface area contributed by atoms with Crippen molar-refractivity contribution in [1.82, 2.24) is 14.3 Å². The van der Waals surface area contributed by atoms with Crippen LogP contribution in [-0.2, 0) is 21.4 Å². The lowest BCUT2D eigenvalue weighted by Crippen LogP contribution is -2.52. The highest BCUT2D eigenvalue weighted by molar-refractivity contribution is 7.89. The van der Waals surface area contributed by atoms with Crippen molar-refractivity contribution in [1.29, 1.82) is 0 Å². The lowest BCUT2D eigenvalue weighted by atomic mass is 10.0. The molecule has 0 aromatic heterocycles. The van der Waals surface area contributed by atoms with Crippen LogP contribution in [0.4, 0.5) is 8.78 Å². The fourth-order valence-electron chi connectivity index (χ4n) is 4.16. The number of nitrogens with zero attached hydrogens (tertiary/aromatic N) is 3. The van der Waals surface area contributed by atoms with Crippen LogP contribution in [0, 0.1) is 11.6 Å². The van der Waals surface area contributed by atoms with Gasteiger partial charge in [0, 0.05) is 45.3 Å². The van der Waals surface area contributed by atoms with E-state index in [1.807, 2.05) is 30.3 Å². The minimum Gasteiger partial charge on any atom is -0.297 e. The van der Waals surface area contributed by atoms with Gasteiger partial charge in [0.05, 0.1) is 12.6 Å². The third-order valence-corrected chi connectivity index (χ3v) is 8.03. The third-order valence-electron chi connectivity index (χ3n) is 5.79. The fraction of sp³-hybridized carbons (Fsp3) is 0.429. The maximum absolute atomic E-state index is 14.4. The molecule has 2 aromatic rings. The van der Waals surface area contributed by atoms with Gasteiger partial charge in [-0.3, -0.25) is 9.74 Å². The van der Waals surface area contributed by atoms with E-state index in [2.05, 4.69) is 4.90 Å². The van der Waals surface area contributed by atoms with Gasteiger partial charge in [0.15, 0.2) is 0 Å². The molecule has 2 aromatic carbocycles. The molecular weight excluding hydrogens is 412 g/mol. The highest BCUT2D eigenvalue weighted by atomic mass is 32.2. The lowest BCUT2D eigenvalue weighted by Gasteiger charge is -2.36. The summed E-state index contributed by atoms with van der Waals surface area (Å²) < 4.78 is 56.3. The van der Waals surface area contributed by atoms with Crippen molar-refractivity contribution in [2.24, 2.45) is 0 Å². The van der Waals surface area contributed by atoms with Gasteiger partial charge < -0.3 is 0 Å². The monoisotopic (exact) mass is 437 g/mol. The van der Waals surface area contributed by atoms with Crippen LogP contribution in [0.15, 0.2) is 48.5 Å². The summed E-state index contributed by atoms with van der Waals surface area (Å²) in [6.07, 6.45) is 0. The molecule has 0 unspecified atom stereocenters. The van der Waals surface area contributed by atoms with E-state index in [1.165, 1.54) is 14.9 Å². The predicted molar refractivity (Wildman–Crippen MR) is 109 cm³/mol. The van der Waals surface area contributed by atoms with Gasteiger partial charge in [-0.2, -0.15) is 9.37 Å². The molecule has 2 fully saturated rings. The van der Waals surface area contributed by atoms with Crippen molar-refractivity contribution >= 4 is 10.0 Å². The van der Waals surface area contributed by atoms with Crippen molar-refractivity contribution < 1.29 is 22.0 Å². The first-order valence-corrected chi connectivity index (χ1v) is 11.4. The van der Waals surface area contributed by atoms with Gasteiger partial charge in [-0.1, -0.05) is 30.3 Å². The summed E-state index contributed by atoms with van der Waals surface area (Å²) in [7, 11) is -2.22. The largest absolute Gasteiger partial charge is 0.297 e. The van der Waals surface area contributed by atoms with Crippen molar-refractivity contribution in [3.05, 3.63) is 71.3 Å². The molecule has 30 heavy (non-hydrogen) atoms. The molecule has 9 heteroatoms. The van der Waals surface area contributed by atoms with E-state index in [0.29, 0.717) is 26.2 Å². The molecule has 0 aliphatic carbocycles. The highest BCUT2D eigenvalue weighted by Crippen LogP contribution is 2.36. The summed E-state index contributed by atoms with van der Waals surface area (Å²) in [5.41, 5.74) is 1.17. The Hall–Kier alpha value is -1.91. The summed E-state index contributed by atoms with van der Waals surface area (Å²) in [5.74, 6) is -1.26. The zero-order valence-electron chi connectivity index (χ0n) is 16.7. The first-order valence-electron chi connectivity index (χ1n) is 9.92. The Bertz CT molecular complexity index is 982. The normalized spacial score (nSPS) is 24.4. The lowest BCUT2D eigenvalue weighted by molar-refractivity contribution is -0.111. The molecule has 0 radical (unpaired) electrons. The molecule has 162 valence electrons. The molecule has 2 saturated heterocycles. The molecule has 0 saturated carbocycles. The van der Waals surface area contributed by atoms with E-state index >= 15 is 0 Å². The molecule has 4 rings (SSSR count). The van der Waals surface area contributed by atoms with Crippen LogP contribution in [-0.4, -0.2) is 67.8 Å². The highest BCUT2D eigenvalue weighted by Gasteiger charge is 2.47. The molecular formula is C21H25F2N3O3S. The van der Waals surface area contributed by atoms with Crippen LogP contribution in [0.3, 0.4) is 0 Å². The van der Waals surface area contributed by atoms with Crippen LogP contribution < -0.4 is 0 Å². The minimum absolute atomic E-state index is 0.00807. The standard InChI is InChI=1S/C21H25F2N3O3S/c1-24-21(18-13-17(22)7-8-19(18)23)20(15-29-24)30(27,28)26-11-9-25(10-12-26)14-16-5-3-2-4-6-16/h2-8,13,20-21H,9-12,14-15H2,1H3/t20-,21-/m1/s1. The maximum atomic E-state index is 14.4. The number of sulfonamides is 1. The summed E-state index contributed by atoms with van der Waals surface area (Å²) in [4.78, 5) is 7.64. The summed E-state index contributed by atoms with van der Waals surface area (Å²) >= 11 is 0. The Morgan fingerprint density at radius 2 is 1.73 bits per heavy atom. The number of halogens is 2. The van der Waals surface area contributed by atoms with E-state index in [9.17, 15) is 17.2 Å². The van der Waals surface area contributed by atoms with Gasteiger partial charge in [-0.15, -0.1) is 0 Å². The predicted octanol–water partition coefficient (Wildman–Crippen LogP) is 2.40.